The van der Waals surface area contributed by atoms with E-state index in [2.05, 4.69) is 10.1 Å². The molecule has 0 radical (unpaired) electrons. The Balaban J connectivity index is 2.54. The molecule has 0 aliphatic carbocycles. The average molecular weight is 206 g/mol. The largest absolute Gasteiger partial charge is 0.384 e. The van der Waals surface area contributed by atoms with Crippen LogP contribution in [0.3, 0.4) is 0 Å². The third-order valence-corrected chi connectivity index (χ3v) is 2.31. The number of aryl methyl sites for hydroxylation is 1. The van der Waals surface area contributed by atoms with Crippen molar-refractivity contribution in [2.45, 2.75) is 6.92 Å². The number of hydrogen-bond donors (Lipinski definition) is 1. The number of nitrogen functional groups attached to an aromatic ring is 1. The van der Waals surface area contributed by atoms with Gasteiger partial charge >= 0.3 is 0 Å². The van der Waals surface area contributed by atoms with Crippen LogP contribution in [0.2, 0.25) is 0 Å². The molecular weight excluding hydrogens is 195 g/mol. The van der Waals surface area contributed by atoms with Gasteiger partial charge in [-0.1, -0.05) is 0 Å². The summed E-state index contributed by atoms with van der Waals surface area (Å²) in [7, 11) is 1.76. The smallest absolute Gasteiger partial charge is 0.141 e. The van der Waals surface area contributed by atoms with Crippen molar-refractivity contribution in [1.29, 1.82) is 0 Å². The lowest BCUT2D eigenvalue weighted by molar-refractivity contribution is 0.621. The minimum atomic E-state index is -0.361. The highest BCUT2D eigenvalue weighted by molar-refractivity contribution is 5.64. The average Bonchev–Trinajstić information content (AvgIpc) is 2.47. The van der Waals surface area contributed by atoms with E-state index in [1.54, 1.807) is 17.8 Å². The van der Waals surface area contributed by atoms with Crippen molar-refractivity contribution >= 4 is 5.82 Å². The first-order chi connectivity index (χ1) is 7.09. The van der Waals surface area contributed by atoms with E-state index in [1.807, 2.05) is 6.92 Å². The second kappa shape index (κ2) is 3.34. The Bertz CT molecular complexity index is 487. The molecule has 0 saturated heterocycles. The molecule has 2 aromatic rings. The van der Waals surface area contributed by atoms with Crippen LogP contribution in [0.15, 0.2) is 18.3 Å². The number of halogens is 1. The Morgan fingerprint density at radius 3 is 2.60 bits per heavy atom. The summed E-state index contributed by atoms with van der Waals surface area (Å²) in [6.07, 6.45) is 1.17. The van der Waals surface area contributed by atoms with E-state index in [0.29, 0.717) is 17.2 Å². The number of hydrogen-bond acceptors (Lipinski definition) is 3. The molecule has 0 aromatic carbocycles. The molecule has 0 amide bonds. The molecule has 0 fully saturated rings. The van der Waals surface area contributed by atoms with Gasteiger partial charge in [-0.2, -0.15) is 5.10 Å². The molecule has 0 spiro atoms. The van der Waals surface area contributed by atoms with E-state index in [9.17, 15) is 4.39 Å². The van der Waals surface area contributed by atoms with Crippen LogP contribution in [0.4, 0.5) is 10.2 Å². The van der Waals surface area contributed by atoms with E-state index in [-0.39, 0.29) is 5.82 Å². The minimum Gasteiger partial charge on any atom is -0.384 e. The topological polar surface area (TPSA) is 56.7 Å². The third kappa shape index (κ3) is 1.56. The summed E-state index contributed by atoms with van der Waals surface area (Å²) in [6.45, 7) is 1.86. The van der Waals surface area contributed by atoms with Crippen LogP contribution in [0.1, 0.15) is 5.56 Å². The molecule has 4 nitrogen and oxygen atoms in total. The second-order valence-electron chi connectivity index (χ2n) is 3.34. The highest BCUT2D eigenvalue weighted by atomic mass is 19.1. The van der Waals surface area contributed by atoms with Crippen LogP contribution >= 0.6 is 0 Å². The summed E-state index contributed by atoms with van der Waals surface area (Å²) >= 11 is 0. The first-order valence-corrected chi connectivity index (χ1v) is 4.50. The van der Waals surface area contributed by atoms with Gasteiger partial charge in [-0.3, -0.25) is 9.67 Å². The first kappa shape index (κ1) is 9.64. The van der Waals surface area contributed by atoms with Crippen molar-refractivity contribution < 1.29 is 4.39 Å². The predicted octanol–water partition coefficient (Wildman–Crippen LogP) is 1.51. The highest BCUT2D eigenvalue weighted by Gasteiger charge is 2.12. The van der Waals surface area contributed by atoms with Crippen LogP contribution in [0, 0.1) is 12.7 Å². The van der Waals surface area contributed by atoms with Crippen molar-refractivity contribution in [1.82, 2.24) is 14.8 Å². The van der Waals surface area contributed by atoms with Crippen molar-refractivity contribution in [3.8, 4) is 11.4 Å². The van der Waals surface area contributed by atoms with Gasteiger partial charge < -0.3 is 5.73 Å². The van der Waals surface area contributed by atoms with Crippen LogP contribution in [-0.4, -0.2) is 14.8 Å². The molecule has 2 heterocycles. The normalized spacial score (nSPS) is 10.6. The summed E-state index contributed by atoms with van der Waals surface area (Å²) < 4.78 is 14.3. The van der Waals surface area contributed by atoms with Gasteiger partial charge in [-0.05, 0) is 19.1 Å². The Morgan fingerprint density at radius 1 is 1.40 bits per heavy atom. The van der Waals surface area contributed by atoms with Gasteiger partial charge in [0, 0.05) is 12.6 Å². The Kier molecular flexibility index (Phi) is 2.15. The zero-order valence-corrected chi connectivity index (χ0v) is 8.53. The number of pyridine rings is 1. The Labute approximate surface area is 86.6 Å². The molecule has 0 bridgehead atoms. The Hall–Kier alpha value is -1.91. The number of anilines is 1. The van der Waals surface area contributed by atoms with Gasteiger partial charge in [0.2, 0.25) is 0 Å². The fraction of sp³-hybridized carbons (Fsp3) is 0.200. The summed E-state index contributed by atoms with van der Waals surface area (Å²) in [5.74, 6) is 0.233. The maximum atomic E-state index is 12.7. The lowest BCUT2D eigenvalue weighted by Crippen LogP contribution is -1.97. The molecule has 5 heteroatoms. The van der Waals surface area contributed by atoms with Crippen molar-refractivity contribution in [2.75, 3.05) is 5.73 Å². The SMILES string of the molecule is Cc1c(-c2ccc(F)cn2)nn(C)c1N. The zero-order valence-electron chi connectivity index (χ0n) is 8.53. The number of rotatable bonds is 1. The zero-order chi connectivity index (χ0) is 11.0. The van der Waals surface area contributed by atoms with Gasteiger partial charge in [0.05, 0.1) is 11.9 Å². The molecule has 78 valence electrons. The third-order valence-electron chi connectivity index (χ3n) is 2.31. The van der Waals surface area contributed by atoms with Crippen molar-refractivity contribution in [3.63, 3.8) is 0 Å². The molecule has 0 unspecified atom stereocenters. The lowest BCUT2D eigenvalue weighted by atomic mass is 10.2. The number of aromatic nitrogens is 3. The summed E-state index contributed by atoms with van der Waals surface area (Å²) in [6, 6.07) is 2.94. The van der Waals surface area contributed by atoms with Gasteiger partial charge in [-0.15, -0.1) is 0 Å². The van der Waals surface area contributed by atoms with Crippen molar-refractivity contribution in [3.05, 3.63) is 29.7 Å². The number of nitrogens with zero attached hydrogens (tertiary/aromatic N) is 3. The molecule has 2 aromatic heterocycles. The monoisotopic (exact) mass is 206 g/mol. The van der Waals surface area contributed by atoms with Crippen LogP contribution in [-0.2, 0) is 7.05 Å². The fourth-order valence-electron chi connectivity index (χ4n) is 1.40. The first-order valence-electron chi connectivity index (χ1n) is 4.50. The molecule has 2 rings (SSSR count). The van der Waals surface area contributed by atoms with Crippen molar-refractivity contribution in [2.24, 2.45) is 7.05 Å². The molecule has 0 saturated carbocycles. The molecule has 0 aliphatic heterocycles. The fourth-order valence-corrected chi connectivity index (χ4v) is 1.40. The van der Waals surface area contributed by atoms with E-state index >= 15 is 0 Å². The van der Waals surface area contributed by atoms with Crippen LogP contribution in [0.5, 0.6) is 0 Å². The lowest BCUT2D eigenvalue weighted by Gasteiger charge is -1.96. The van der Waals surface area contributed by atoms with Gasteiger partial charge in [-0.25, -0.2) is 4.39 Å². The predicted molar refractivity (Wildman–Crippen MR) is 55.5 cm³/mol. The minimum absolute atomic E-state index is 0.361. The maximum absolute atomic E-state index is 12.7. The van der Waals surface area contributed by atoms with E-state index in [1.165, 1.54) is 12.3 Å². The van der Waals surface area contributed by atoms with E-state index in [4.69, 9.17) is 5.73 Å². The maximum Gasteiger partial charge on any atom is 0.141 e. The Morgan fingerprint density at radius 2 is 2.13 bits per heavy atom. The second-order valence-corrected chi connectivity index (χ2v) is 3.34. The molecule has 2 N–H and O–H groups in total. The molecule has 15 heavy (non-hydrogen) atoms. The quantitative estimate of drug-likeness (QED) is 0.769. The summed E-state index contributed by atoms with van der Waals surface area (Å²) in [5, 5.41) is 4.22. The van der Waals surface area contributed by atoms with Crippen LogP contribution < -0.4 is 5.73 Å². The standard InChI is InChI=1S/C10H11FN4/c1-6-9(14-15(2)10(6)12)8-4-3-7(11)5-13-8/h3-5H,12H2,1-2H3. The summed E-state index contributed by atoms with van der Waals surface area (Å²) in [4.78, 5) is 3.96. The molecular formula is C10H11FN4. The molecule has 0 aliphatic rings. The van der Waals surface area contributed by atoms with Gasteiger partial charge in [0.25, 0.3) is 0 Å². The van der Waals surface area contributed by atoms with E-state index < -0.39 is 0 Å². The summed E-state index contributed by atoms with van der Waals surface area (Å²) in [5.41, 5.74) is 7.94. The number of nitrogens with two attached hydrogens (primary N) is 1. The van der Waals surface area contributed by atoms with Crippen LogP contribution in [0.25, 0.3) is 11.4 Å². The highest BCUT2D eigenvalue weighted by Crippen LogP contribution is 2.23. The van der Waals surface area contributed by atoms with Gasteiger partial charge in [0.15, 0.2) is 0 Å². The molecule has 0 atom stereocenters. The van der Waals surface area contributed by atoms with Gasteiger partial charge in [0.1, 0.15) is 17.3 Å². The van der Waals surface area contributed by atoms with E-state index in [0.717, 1.165) is 5.56 Å².